The molecule has 0 aromatic heterocycles. The maximum Gasteiger partial charge on any atom is 0.222 e. The van der Waals surface area contributed by atoms with Gasteiger partial charge in [0.2, 0.25) is 5.91 Å². The molecule has 0 fully saturated rings. The number of hydrogen-bond acceptors (Lipinski definition) is 3. The van der Waals surface area contributed by atoms with Gasteiger partial charge in [-0.25, -0.2) is 0 Å². The van der Waals surface area contributed by atoms with Crippen molar-refractivity contribution in [3.8, 4) is 0 Å². The first kappa shape index (κ1) is 14.7. The lowest BCUT2D eigenvalue weighted by atomic mass is 10.1. The van der Waals surface area contributed by atoms with Crippen LogP contribution in [0.15, 0.2) is 30.3 Å². The van der Waals surface area contributed by atoms with E-state index in [-0.39, 0.29) is 12.5 Å². The van der Waals surface area contributed by atoms with Crippen molar-refractivity contribution >= 4 is 5.91 Å². The van der Waals surface area contributed by atoms with E-state index in [4.69, 9.17) is 4.74 Å². The lowest BCUT2D eigenvalue weighted by molar-refractivity contribution is -0.131. The van der Waals surface area contributed by atoms with E-state index < -0.39 is 6.10 Å². The summed E-state index contributed by atoms with van der Waals surface area (Å²) in [6.07, 6.45) is 0.561. The molecule has 0 aliphatic rings. The highest BCUT2D eigenvalue weighted by Gasteiger charge is 2.13. The molecule has 0 spiro atoms. The topological polar surface area (TPSA) is 49.8 Å². The number of nitrogens with zero attached hydrogens (tertiary/aromatic N) is 1. The first-order valence-corrected chi connectivity index (χ1v) is 6.08. The molecule has 4 heteroatoms. The molecule has 18 heavy (non-hydrogen) atoms. The molecule has 1 aromatic rings. The maximum absolute atomic E-state index is 11.8. The molecule has 1 rings (SSSR count). The van der Waals surface area contributed by atoms with Crippen molar-refractivity contribution in [2.24, 2.45) is 0 Å². The minimum Gasteiger partial charge on any atom is -0.389 e. The van der Waals surface area contributed by atoms with Gasteiger partial charge in [0.05, 0.1) is 12.7 Å². The van der Waals surface area contributed by atoms with E-state index in [1.54, 1.807) is 11.9 Å². The van der Waals surface area contributed by atoms with Crippen LogP contribution in [0.1, 0.15) is 12.0 Å². The number of amides is 1. The standard InChI is InChI=1S/C14H21NO3/c1-15(10-13(16)11-18-2)14(17)9-8-12-6-4-3-5-7-12/h3-7,13,16H,8-11H2,1-2H3. The fourth-order valence-electron chi connectivity index (χ4n) is 1.75. The van der Waals surface area contributed by atoms with Gasteiger partial charge >= 0.3 is 0 Å². The number of methoxy groups -OCH3 is 1. The van der Waals surface area contributed by atoms with Gasteiger partial charge in [0.25, 0.3) is 0 Å². The fraction of sp³-hybridized carbons (Fsp3) is 0.500. The van der Waals surface area contributed by atoms with Crippen LogP contribution in [0.4, 0.5) is 0 Å². The average Bonchev–Trinajstić information content (AvgIpc) is 2.37. The van der Waals surface area contributed by atoms with E-state index >= 15 is 0 Å². The zero-order valence-corrected chi connectivity index (χ0v) is 11.0. The Bertz CT molecular complexity index is 353. The van der Waals surface area contributed by atoms with Crippen LogP contribution in [-0.4, -0.2) is 49.3 Å². The van der Waals surface area contributed by atoms with Crippen molar-refractivity contribution in [2.75, 3.05) is 27.3 Å². The molecule has 0 saturated carbocycles. The first-order valence-electron chi connectivity index (χ1n) is 6.08. The Hall–Kier alpha value is -1.39. The van der Waals surface area contributed by atoms with Gasteiger partial charge in [0, 0.05) is 27.1 Å². The van der Waals surface area contributed by atoms with Crippen LogP contribution in [0.25, 0.3) is 0 Å². The van der Waals surface area contributed by atoms with E-state index in [0.717, 1.165) is 12.0 Å². The minimum atomic E-state index is -0.624. The average molecular weight is 251 g/mol. The van der Waals surface area contributed by atoms with Crippen LogP contribution in [-0.2, 0) is 16.0 Å². The molecule has 0 aliphatic heterocycles. The number of benzene rings is 1. The summed E-state index contributed by atoms with van der Waals surface area (Å²) >= 11 is 0. The largest absolute Gasteiger partial charge is 0.389 e. The van der Waals surface area contributed by atoms with E-state index in [2.05, 4.69) is 0 Å². The number of ether oxygens (including phenoxy) is 1. The number of hydrogen-bond donors (Lipinski definition) is 1. The normalized spacial score (nSPS) is 12.2. The Balaban J connectivity index is 2.32. The molecule has 100 valence electrons. The Kier molecular flexibility index (Phi) is 6.39. The van der Waals surface area contributed by atoms with Crippen LogP contribution in [0.5, 0.6) is 0 Å². The molecule has 1 N–H and O–H groups in total. The summed E-state index contributed by atoms with van der Waals surface area (Å²) in [5, 5.41) is 9.53. The van der Waals surface area contributed by atoms with Crippen molar-refractivity contribution in [1.29, 1.82) is 0 Å². The van der Waals surface area contributed by atoms with Gasteiger partial charge in [-0.05, 0) is 12.0 Å². The molecule has 0 heterocycles. The van der Waals surface area contributed by atoms with E-state index in [1.807, 2.05) is 30.3 Å². The number of carbonyl (C=O) groups excluding carboxylic acids is 1. The molecule has 0 aliphatic carbocycles. The van der Waals surface area contributed by atoms with E-state index in [1.165, 1.54) is 7.11 Å². The Morgan fingerprint density at radius 3 is 2.67 bits per heavy atom. The molecular weight excluding hydrogens is 230 g/mol. The van der Waals surface area contributed by atoms with E-state index in [0.29, 0.717) is 13.0 Å². The lowest BCUT2D eigenvalue weighted by Crippen LogP contribution is -2.36. The Morgan fingerprint density at radius 2 is 2.06 bits per heavy atom. The fourth-order valence-corrected chi connectivity index (χ4v) is 1.75. The van der Waals surface area contributed by atoms with Crippen molar-refractivity contribution in [2.45, 2.75) is 18.9 Å². The maximum atomic E-state index is 11.8. The third-order valence-corrected chi connectivity index (χ3v) is 2.74. The summed E-state index contributed by atoms with van der Waals surface area (Å²) in [6.45, 7) is 0.553. The van der Waals surface area contributed by atoms with Gasteiger partial charge < -0.3 is 14.7 Å². The van der Waals surface area contributed by atoms with Crippen LogP contribution in [0, 0.1) is 0 Å². The number of rotatable bonds is 7. The summed E-state index contributed by atoms with van der Waals surface area (Å²) in [4.78, 5) is 13.4. The zero-order valence-electron chi connectivity index (χ0n) is 11.0. The van der Waals surface area contributed by atoms with Gasteiger partial charge in [-0.1, -0.05) is 30.3 Å². The highest BCUT2D eigenvalue weighted by Crippen LogP contribution is 2.04. The SMILES string of the molecule is COCC(O)CN(C)C(=O)CCc1ccccc1. The Labute approximate surface area is 108 Å². The van der Waals surface area contributed by atoms with Crippen molar-refractivity contribution in [3.05, 3.63) is 35.9 Å². The monoisotopic (exact) mass is 251 g/mol. The third-order valence-electron chi connectivity index (χ3n) is 2.74. The highest BCUT2D eigenvalue weighted by molar-refractivity contribution is 5.76. The van der Waals surface area contributed by atoms with Gasteiger partial charge in [-0.15, -0.1) is 0 Å². The van der Waals surface area contributed by atoms with Gasteiger partial charge in [0.15, 0.2) is 0 Å². The number of aliphatic hydroxyl groups excluding tert-OH is 1. The smallest absolute Gasteiger partial charge is 0.222 e. The quantitative estimate of drug-likeness (QED) is 0.789. The lowest BCUT2D eigenvalue weighted by Gasteiger charge is -2.20. The third kappa shape index (κ3) is 5.29. The predicted octanol–water partition coefficient (Wildman–Crippen LogP) is 1.08. The van der Waals surface area contributed by atoms with Crippen molar-refractivity contribution in [1.82, 2.24) is 4.90 Å². The van der Waals surface area contributed by atoms with E-state index in [9.17, 15) is 9.90 Å². The molecule has 1 atom stereocenters. The van der Waals surface area contributed by atoms with Crippen LogP contribution in [0.3, 0.4) is 0 Å². The zero-order chi connectivity index (χ0) is 13.4. The Morgan fingerprint density at radius 1 is 1.39 bits per heavy atom. The second-order valence-electron chi connectivity index (χ2n) is 4.37. The molecule has 1 unspecified atom stereocenters. The number of aryl methyl sites for hydroxylation is 1. The van der Waals surface area contributed by atoms with Crippen molar-refractivity contribution < 1.29 is 14.6 Å². The number of likely N-dealkylation sites (N-methyl/N-ethyl adjacent to an activating group) is 1. The minimum absolute atomic E-state index is 0.0361. The highest BCUT2D eigenvalue weighted by atomic mass is 16.5. The molecule has 4 nitrogen and oxygen atoms in total. The number of aliphatic hydroxyl groups is 1. The van der Waals surface area contributed by atoms with Crippen LogP contribution < -0.4 is 0 Å². The molecular formula is C14H21NO3. The molecule has 0 radical (unpaired) electrons. The number of carbonyl (C=O) groups is 1. The second kappa shape index (κ2) is 7.84. The molecule has 0 bridgehead atoms. The van der Waals surface area contributed by atoms with Crippen LogP contribution >= 0.6 is 0 Å². The predicted molar refractivity (Wildman–Crippen MR) is 70.3 cm³/mol. The summed E-state index contributed by atoms with van der Waals surface area (Å²) < 4.78 is 4.83. The molecule has 0 saturated heterocycles. The van der Waals surface area contributed by atoms with Gasteiger partial charge in [0.1, 0.15) is 0 Å². The van der Waals surface area contributed by atoms with Gasteiger partial charge in [-0.2, -0.15) is 0 Å². The summed E-state index contributed by atoms with van der Waals surface area (Å²) in [5.41, 5.74) is 1.15. The van der Waals surface area contributed by atoms with Crippen molar-refractivity contribution in [3.63, 3.8) is 0 Å². The summed E-state index contributed by atoms with van der Waals surface area (Å²) in [6, 6.07) is 9.90. The first-order chi connectivity index (χ1) is 8.63. The van der Waals surface area contributed by atoms with Crippen LogP contribution in [0.2, 0.25) is 0 Å². The molecule has 1 aromatic carbocycles. The summed E-state index contributed by atoms with van der Waals surface area (Å²) in [5.74, 6) is 0.0361. The summed E-state index contributed by atoms with van der Waals surface area (Å²) in [7, 11) is 3.23. The molecule has 1 amide bonds. The van der Waals surface area contributed by atoms with Gasteiger partial charge in [-0.3, -0.25) is 4.79 Å². The second-order valence-corrected chi connectivity index (χ2v) is 4.37.